The number of nitrogens with zero attached hydrogens (tertiary/aromatic N) is 2. The first-order valence-electron chi connectivity index (χ1n) is 9.17. The van der Waals surface area contributed by atoms with Crippen molar-refractivity contribution in [2.24, 2.45) is 0 Å². The van der Waals surface area contributed by atoms with Gasteiger partial charge in [-0.3, -0.25) is 9.59 Å². The molecule has 29 heavy (non-hydrogen) atoms. The first-order valence-corrected chi connectivity index (χ1v) is 10.6. The fourth-order valence-electron chi connectivity index (χ4n) is 3.16. The summed E-state index contributed by atoms with van der Waals surface area (Å²) in [4.78, 5) is 25.7. The number of amides is 2. The molecular weight excluding hydrogens is 397 g/mol. The van der Waals surface area contributed by atoms with Gasteiger partial charge in [-0.2, -0.15) is 4.31 Å². The van der Waals surface area contributed by atoms with Crippen molar-refractivity contribution >= 4 is 21.8 Å². The number of hydrogen-bond donors (Lipinski definition) is 1. The van der Waals surface area contributed by atoms with Crippen LogP contribution in [-0.4, -0.2) is 62.2 Å². The lowest BCUT2D eigenvalue weighted by molar-refractivity contribution is -0.131. The zero-order chi connectivity index (χ0) is 21.0. The van der Waals surface area contributed by atoms with Crippen LogP contribution in [0.2, 0.25) is 0 Å². The number of sulfonamides is 1. The van der Waals surface area contributed by atoms with E-state index in [-0.39, 0.29) is 49.4 Å². The number of carbonyl (C=O) groups excluding carboxylic acids is 2. The second kappa shape index (κ2) is 8.71. The van der Waals surface area contributed by atoms with Crippen molar-refractivity contribution in [2.45, 2.75) is 11.8 Å². The van der Waals surface area contributed by atoms with Gasteiger partial charge in [0.2, 0.25) is 15.9 Å². The van der Waals surface area contributed by atoms with Gasteiger partial charge in [-0.15, -0.1) is 0 Å². The van der Waals surface area contributed by atoms with Gasteiger partial charge < -0.3 is 10.2 Å². The van der Waals surface area contributed by atoms with E-state index in [0.717, 1.165) is 11.6 Å². The average Bonchev–Trinajstić information content (AvgIpc) is 2.72. The van der Waals surface area contributed by atoms with Crippen LogP contribution < -0.4 is 5.32 Å². The fourth-order valence-corrected chi connectivity index (χ4v) is 4.65. The van der Waals surface area contributed by atoms with E-state index >= 15 is 0 Å². The van der Waals surface area contributed by atoms with E-state index in [1.165, 1.54) is 27.4 Å². The van der Waals surface area contributed by atoms with Crippen LogP contribution in [0, 0.1) is 12.7 Å². The molecule has 1 aliphatic heterocycles. The topological polar surface area (TPSA) is 86.8 Å². The highest BCUT2D eigenvalue weighted by atomic mass is 32.2. The Balaban J connectivity index is 1.55. The molecule has 0 bridgehead atoms. The number of halogens is 1. The number of piperazine rings is 1. The Kier molecular flexibility index (Phi) is 6.29. The SMILES string of the molecule is Cc1ccccc1C(=O)NCC(=O)N1CCN(S(=O)(=O)c2ccccc2F)CC1. The largest absolute Gasteiger partial charge is 0.343 e. The predicted octanol–water partition coefficient (Wildman–Crippen LogP) is 1.40. The van der Waals surface area contributed by atoms with E-state index in [1.54, 1.807) is 12.1 Å². The number of hydrogen-bond acceptors (Lipinski definition) is 4. The van der Waals surface area contributed by atoms with Gasteiger partial charge in [0, 0.05) is 31.7 Å². The third-order valence-corrected chi connectivity index (χ3v) is 6.77. The standard InChI is InChI=1S/C20H22FN3O4S/c1-15-6-2-3-7-16(15)20(26)22-14-19(25)23-10-12-24(13-11-23)29(27,28)18-9-5-4-8-17(18)21/h2-9H,10-14H2,1H3,(H,22,26). The Hall–Kier alpha value is -2.78. The van der Waals surface area contributed by atoms with Gasteiger partial charge in [0.25, 0.3) is 5.91 Å². The normalized spacial score (nSPS) is 15.2. The first-order chi connectivity index (χ1) is 13.8. The lowest BCUT2D eigenvalue weighted by atomic mass is 10.1. The van der Waals surface area contributed by atoms with Crippen LogP contribution in [0.4, 0.5) is 4.39 Å². The third-order valence-electron chi connectivity index (χ3n) is 4.84. The minimum absolute atomic E-state index is 0.0636. The smallest absolute Gasteiger partial charge is 0.251 e. The molecule has 0 spiro atoms. The summed E-state index contributed by atoms with van der Waals surface area (Å²) in [6.45, 7) is 2.11. The molecule has 1 N–H and O–H groups in total. The number of aryl methyl sites for hydroxylation is 1. The molecule has 0 radical (unpaired) electrons. The maximum absolute atomic E-state index is 13.9. The molecule has 3 rings (SSSR count). The lowest BCUT2D eigenvalue weighted by Crippen LogP contribution is -2.52. The van der Waals surface area contributed by atoms with Crippen LogP contribution in [-0.2, 0) is 14.8 Å². The van der Waals surface area contributed by atoms with E-state index in [2.05, 4.69) is 5.32 Å². The maximum atomic E-state index is 13.9. The molecule has 154 valence electrons. The van der Waals surface area contributed by atoms with Gasteiger partial charge in [-0.05, 0) is 30.7 Å². The predicted molar refractivity (Wildman–Crippen MR) is 105 cm³/mol. The number of carbonyl (C=O) groups is 2. The van der Waals surface area contributed by atoms with Crippen molar-refractivity contribution in [1.82, 2.24) is 14.5 Å². The summed E-state index contributed by atoms with van der Waals surface area (Å²) in [6.07, 6.45) is 0. The van der Waals surface area contributed by atoms with Crippen LogP contribution in [0.1, 0.15) is 15.9 Å². The van der Waals surface area contributed by atoms with Gasteiger partial charge in [0.15, 0.2) is 0 Å². The zero-order valence-electron chi connectivity index (χ0n) is 16.0. The monoisotopic (exact) mass is 419 g/mol. The molecule has 0 aromatic heterocycles. The minimum atomic E-state index is -3.96. The molecule has 1 heterocycles. The van der Waals surface area contributed by atoms with Crippen molar-refractivity contribution < 1.29 is 22.4 Å². The molecule has 7 nitrogen and oxygen atoms in total. The highest BCUT2D eigenvalue weighted by Crippen LogP contribution is 2.20. The van der Waals surface area contributed by atoms with Crippen molar-refractivity contribution in [3.63, 3.8) is 0 Å². The molecule has 0 aliphatic carbocycles. The Labute approximate surface area is 169 Å². The Morgan fingerprint density at radius 2 is 1.62 bits per heavy atom. The first kappa shape index (κ1) is 20.9. The molecule has 1 saturated heterocycles. The summed E-state index contributed by atoms with van der Waals surface area (Å²) < 4.78 is 40.3. The van der Waals surface area contributed by atoms with Gasteiger partial charge in [0.05, 0.1) is 6.54 Å². The molecule has 2 aromatic carbocycles. The second-order valence-corrected chi connectivity index (χ2v) is 8.62. The van der Waals surface area contributed by atoms with E-state index in [1.807, 2.05) is 19.1 Å². The summed E-state index contributed by atoms with van der Waals surface area (Å²) in [5, 5.41) is 2.60. The Morgan fingerprint density at radius 1 is 1.00 bits per heavy atom. The molecule has 2 amide bonds. The molecule has 9 heteroatoms. The molecule has 2 aromatic rings. The van der Waals surface area contributed by atoms with Crippen LogP contribution in [0.15, 0.2) is 53.4 Å². The lowest BCUT2D eigenvalue weighted by Gasteiger charge is -2.34. The number of benzene rings is 2. The minimum Gasteiger partial charge on any atom is -0.343 e. The summed E-state index contributed by atoms with van der Waals surface area (Å²) >= 11 is 0. The van der Waals surface area contributed by atoms with Gasteiger partial charge in [-0.25, -0.2) is 12.8 Å². The summed E-state index contributed by atoms with van der Waals surface area (Å²) in [6, 6.07) is 12.3. The molecule has 1 fully saturated rings. The Morgan fingerprint density at radius 3 is 2.28 bits per heavy atom. The summed E-state index contributed by atoms with van der Waals surface area (Å²) in [7, 11) is -3.96. The van der Waals surface area contributed by atoms with Crippen molar-refractivity contribution in [2.75, 3.05) is 32.7 Å². The molecule has 0 atom stereocenters. The molecular formula is C20H22FN3O4S. The van der Waals surface area contributed by atoms with Crippen molar-refractivity contribution in [3.05, 3.63) is 65.5 Å². The average molecular weight is 419 g/mol. The highest BCUT2D eigenvalue weighted by Gasteiger charge is 2.31. The molecule has 0 saturated carbocycles. The second-order valence-electron chi connectivity index (χ2n) is 6.71. The molecule has 0 unspecified atom stereocenters. The van der Waals surface area contributed by atoms with Crippen LogP contribution in [0.5, 0.6) is 0 Å². The maximum Gasteiger partial charge on any atom is 0.251 e. The van der Waals surface area contributed by atoms with Crippen LogP contribution in [0.25, 0.3) is 0 Å². The van der Waals surface area contributed by atoms with E-state index in [4.69, 9.17) is 0 Å². The Bertz CT molecular complexity index is 1020. The zero-order valence-corrected chi connectivity index (χ0v) is 16.8. The van der Waals surface area contributed by atoms with E-state index in [9.17, 15) is 22.4 Å². The molecule has 1 aliphatic rings. The van der Waals surface area contributed by atoms with E-state index in [0.29, 0.717) is 5.56 Å². The quantitative estimate of drug-likeness (QED) is 0.794. The fraction of sp³-hybridized carbons (Fsp3) is 0.300. The highest BCUT2D eigenvalue weighted by molar-refractivity contribution is 7.89. The number of rotatable bonds is 5. The van der Waals surface area contributed by atoms with Crippen molar-refractivity contribution in [3.8, 4) is 0 Å². The summed E-state index contributed by atoms with van der Waals surface area (Å²) in [5.74, 6) is -1.43. The third kappa shape index (κ3) is 4.63. The van der Waals surface area contributed by atoms with Gasteiger partial charge in [0.1, 0.15) is 10.7 Å². The van der Waals surface area contributed by atoms with Gasteiger partial charge in [-0.1, -0.05) is 30.3 Å². The van der Waals surface area contributed by atoms with Crippen LogP contribution in [0.3, 0.4) is 0 Å². The van der Waals surface area contributed by atoms with Crippen molar-refractivity contribution in [1.29, 1.82) is 0 Å². The van der Waals surface area contributed by atoms with Gasteiger partial charge >= 0.3 is 0 Å². The van der Waals surface area contributed by atoms with E-state index < -0.39 is 15.8 Å². The number of nitrogens with one attached hydrogen (secondary N) is 1. The van der Waals surface area contributed by atoms with Crippen LogP contribution >= 0.6 is 0 Å². The summed E-state index contributed by atoms with van der Waals surface area (Å²) in [5.41, 5.74) is 1.31.